The quantitative estimate of drug-likeness (QED) is 0.0703. The minimum Gasteiger partial charge on any atom is -0.454 e. The maximum Gasteiger partial charge on any atom is 0.159 e. The van der Waals surface area contributed by atoms with Crippen molar-refractivity contribution in [2.45, 2.75) is 0 Å². The van der Waals surface area contributed by atoms with Crippen LogP contribution in [0.15, 0.2) is 508 Å². The highest BCUT2D eigenvalue weighted by Gasteiger charge is 2.23. The van der Waals surface area contributed by atoms with Gasteiger partial charge in [-0.3, -0.25) is 0 Å². The zero-order valence-electron chi connectivity index (χ0n) is 69.1. The summed E-state index contributed by atoms with van der Waals surface area (Å²) in [4.78, 5) is 6.97. The first-order valence-electron chi connectivity index (χ1n) is 42.6. The van der Waals surface area contributed by atoms with E-state index in [-0.39, 0.29) is 0 Å². The van der Waals surface area contributed by atoms with Crippen LogP contribution in [0.25, 0.3) is 109 Å². The topological polar surface area (TPSA) is 59.0 Å². The molecule has 0 fully saturated rings. The Labute approximate surface area is 738 Å². The number of thiophene rings is 1. The van der Waals surface area contributed by atoms with E-state index in [0.29, 0.717) is 0 Å². The molecule has 22 aromatic rings. The van der Waals surface area contributed by atoms with Gasteiger partial charge < -0.3 is 35.1 Å². The molecule has 600 valence electrons. The SMILES string of the molecule is c1ccc(-c2cc(Nc3ccc(N(c4ccccc4)c4ccc5sc6ccccc6c5c4)cc3)cc(-c3ccccc3)c2)cc1.c1ccc(-c2cccc(Nc3ccccc3N(c3cc(-c4ccccc4)cc(-c4ccccc4)c3)c3ccc4ccccc4c3)c2)cc1.c1ccc(Nc2cccc(N(c3ccccc3)c3cccc4c3oc3ccccc34)c2)cc1. The summed E-state index contributed by atoms with van der Waals surface area (Å²) in [5.74, 6) is 0. The molecule has 0 saturated carbocycles. The van der Waals surface area contributed by atoms with Crippen LogP contribution in [-0.2, 0) is 0 Å². The molecule has 7 nitrogen and oxygen atoms in total. The molecule has 0 bridgehead atoms. The van der Waals surface area contributed by atoms with Gasteiger partial charge in [0.1, 0.15) is 5.58 Å². The second-order valence-corrected chi connectivity index (χ2v) is 32.2. The number of anilines is 15. The molecule has 20 aromatic carbocycles. The fraction of sp³-hybridized carbons (Fsp3) is 0. The minimum absolute atomic E-state index is 0.879. The summed E-state index contributed by atoms with van der Waals surface area (Å²) in [6.45, 7) is 0. The summed E-state index contributed by atoms with van der Waals surface area (Å²) < 4.78 is 9.00. The highest BCUT2D eigenvalue weighted by atomic mass is 32.1. The summed E-state index contributed by atoms with van der Waals surface area (Å²) in [6, 6.07) is 178. The van der Waals surface area contributed by atoms with Crippen molar-refractivity contribution in [3.05, 3.63) is 504 Å². The van der Waals surface area contributed by atoms with Gasteiger partial charge >= 0.3 is 0 Å². The Morgan fingerprint density at radius 2 is 0.571 bits per heavy atom. The molecular formula is C118H86N6OS. The highest BCUT2D eigenvalue weighted by molar-refractivity contribution is 7.25. The lowest BCUT2D eigenvalue weighted by Gasteiger charge is -2.29. The summed E-state index contributed by atoms with van der Waals surface area (Å²) in [6.07, 6.45) is 0. The van der Waals surface area contributed by atoms with Gasteiger partial charge in [-0.25, -0.2) is 0 Å². The summed E-state index contributed by atoms with van der Waals surface area (Å²) >= 11 is 1.85. The number of furan rings is 1. The molecule has 0 aliphatic heterocycles. The Balaban J connectivity index is 0.000000121. The van der Waals surface area contributed by atoms with E-state index in [2.05, 4.69) is 498 Å². The van der Waals surface area contributed by atoms with Gasteiger partial charge in [-0.2, -0.15) is 0 Å². The van der Waals surface area contributed by atoms with Crippen LogP contribution in [-0.4, -0.2) is 0 Å². The lowest BCUT2D eigenvalue weighted by Crippen LogP contribution is -2.12. The predicted octanol–water partition coefficient (Wildman–Crippen LogP) is 34.5. The van der Waals surface area contributed by atoms with Crippen LogP contribution in [0, 0.1) is 0 Å². The second-order valence-electron chi connectivity index (χ2n) is 31.1. The van der Waals surface area contributed by atoms with Gasteiger partial charge in [-0.05, 0) is 254 Å². The fourth-order valence-corrected chi connectivity index (χ4v) is 17.9. The number of rotatable bonds is 20. The maximum absolute atomic E-state index is 6.38. The standard InChI is InChI=1S/C46H34N2.C42H30N2S.C30H22N2O/c1-4-15-34(16-5-1)38-23-14-24-42(30-38)47-45-25-12-13-26-46(45)48(43-28-27-37-21-10-11-22-39(37)31-43)44-32-40(35-17-6-2-7-18-35)29-41(33-44)36-19-8-3-9-20-36;1-4-12-30(13-5-1)32-26-33(31-14-6-2-7-15-31)28-35(27-32)43-34-20-22-37(23-21-34)44(36-16-8-3-9-17-36)38-24-25-42-40(29-38)39-18-10-11-19-41(39)45-42;1-3-11-22(12-4-1)31-23-13-9-16-25(21-23)32(24-14-5-2-6-15-24)28-19-10-18-27-26-17-7-8-20-29(26)33-30(27)28/h1-33,47H;1-29,43H;1-21,31H. The second kappa shape index (κ2) is 36.4. The number of hydrogen-bond donors (Lipinski definition) is 3. The van der Waals surface area contributed by atoms with Crippen molar-refractivity contribution in [2.24, 2.45) is 0 Å². The third kappa shape index (κ3) is 17.3. The van der Waals surface area contributed by atoms with Crippen molar-refractivity contribution in [2.75, 3.05) is 30.7 Å². The van der Waals surface area contributed by atoms with Gasteiger partial charge in [0.25, 0.3) is 0 Å². The molecule has 126 heavy (non-hydrogen) atoms. The first-order chi connectivity index (χ1) is 62.4. The van der Waals surface area contributed by atoms with Gasteiger partial charge in [0.15, 0.2) is 5.58 Å². The van der Waals surface area contributed by atoms with Gasteiger partial charge in [0, 0.05) is 99.2 Å². The molecule has 3 N–H and O–H groups in total. The van der Waals surface area contributed by atoms with Crippen LogP contribution in [0.1, 0.15) is 0 Å². The number of para-hydroxylation sites is 7. The molecule has 2 aromatic heterocycles. The van der Waals surface area contributed by atoms with E-state index in [1.807, 2.05) is 47.7 Å². The van der Waals surface area contributed by atoms with Crippen molar-refractivity contribution < 1.29 is 4.42 Å². The monoisotopic (exact) mass is 1630 g/mol. The molecule has 8 heteroatoms. The van der Waals surface area contributed by atoms with Crippen LogP contribution < -0.4 is 30.7 Å². The normalized spacial score (nSPS) is 11.0. The molecule has 0 amide bonds. The third-order valence-corrected chi connectivity index (χ3v) is 23.9. The zero-order valence-corrected chi connectivity index (χ0v) is 69.9. The average molecular weight is 1640 g/mol. The van der Waals surface area contributed by atoms with E-state index in [1.54, 1.807) is 0 Å². The third-order valence-electron chi connectivity index (χ3n) is 22.8. The molecule has 2 heterocycles. The molecule has 0 atom stereocenters. The Hall–Kier alpha value is -16.5. The van der Waals surface area contributed by atoms with Crippen molar-refractivity contribution in [3.63, 3.8) is 0 Å². The van der Waals surface area contributed by atoms with Crippen molar-refractivity contribution >= 4 is 150 Å². The van der Waals surface area contributed by atoms with Gasteiger partial charge in [0.05, 0.1) is 17.1 Å². The highest BCUT2D eigenvalue weighted by Crippen LogP contribution is 2.48. The fourth-order valence-electron chi connectivity index (χ4n) is 16.8. The van der Waals surface area contributed by atoms with Gasteiger partial charge in [0.2, 0.25) is 0 Å². The van der Waals surface area contributed by atoms with Crippen molar-refractivity contribution in [1.82, 2.24) is 0 Å². The molecule has 0 unspecified atom stereocenters. The molecule has 0 aliphatic rings. The van der Waals surface area contributed by atoms with E-state index in [1.165, 1.54) is 86.6 Å². The van der Waals surface area contributed by atoms with Crippen LogP contribution in [0.3, 0.4) is 0 Å². The van der Waals surface area contributed by atoms with E-state index >= 15 is 0 Å². The van der Waals surface area contributed by atoms with E-state index in [0.717, 1.165) is 107 Å². The maximum atomic E-state index is 6.38. The first kappa shape index (κ1) is 78.0. The Morgan fingerprint density at radius 1 is 0.183 bits per heavy atom. The lowest BCUT2D eigenvalue weighted by molar-refractivity contribution is 0.669. The molecule has 0 radical (unpaired) electrons. The van der Waals surface area contributed by atoms with Crippen LogP contribution >= 0.6 is 11.3 Å². The van der Waals surface area contributed by atoms with Crippen molar-refractivity contribution in [3.8, 4) is 55.6 Å². The summed E-state index contributed by atoms with van der Waals surface area (Å²) in [7, 11) is 0. The van der Waals surface area contributed by atoms with E-state index in [4.69, 9.17) is 4.42 Å². The van der Waals surface area contributed by atoms with E-state index in [9.17, 15) is 0 Å². The summed E-state index contributed by atoms with van der Waals surface area (Å²) in [5, 5.41) is 18.2. The molecular weight excluding hydrogens is 1550 g/mol. The zero-order chi connectivity index (χ0) is 84.2. The number of benzene rings is 20. The first-order valence-corrected chi connectivity index (χ1v) is 43.4. The number of hydrogen-bond acceptors (Lipinski definition) is 8. The Kier molecular flexibility index (Phi) is 22.6. The van der Waals surface area contributed by atoms with Crippen LogP contribution in [0.4, 0.5) is 85.3 Å². The predicted molar refractivity (Wildman–Crippen MR) is 537 cm³/mol. The summed E-state index contributed by atoms with van der Waals surface area (Å²) in [5.41, 5.74) is 29.5. The largest absolute Gasteiger partial charge is 0.454 e. The van der Waals surface area contributed by atoms with Crippen LogP contribution in [0.5, 0.6) is 0 Å². The van der Waals surface area contributed by atoms with Gasteiger partial charge in [-0.15, -0.1) is 11.3 Å². The Bertz CT molecular complexity index is 7370. The number of nitrogens with one attached hydrogen (secondary N) is 3. The lowest BCUT2D eigenvalue weighted by atomic mass is 9.97. The molecule has 0 aliphatic carbocycles. The average Bonchev–Trinajstić information content (AvgIpc) is 1.53. The Morgan fingerprint density at radius 3 is 1.21 bits per heavy atom. The van der Waals surface area contributed by atoms with Crippen molar-refractivity contribution in [1.29, 1.82) is 0 Å². The van der Waals surface area contributed by atoms with E-state index < -0.39 is 0 Å². The minimum atomic E-state index is 0.879. The molecule has 0 spiro atoms. The molecule has 0 saturated heterocycles. The van der Waals surface area contributed by atoms with Crippen LogP contribution in [0.2, 0.25) is 0 Å². The van der Waals surface area contributed by atoms with Gasteiger partial charge in [-0.1, -0.05) is 315 Å². The number of fused-ring (bicyclic) bond motifs is 7. The number of nitrogens with zero attached hydrogens (tertiary/aromatic N) is 3. The molecule has 22 rings (SSSR count). The smallest absolute Gasteiger partial charge is 0.159 e.